The normalized spacial score (nSPS) is 20.4. The fraction of sp³-hybridized carbons (Fsp3) is 0.737. The van der Waals surface area contributed by atoms with Crippen LogP contribution in [0.4, 0.5) is 5.69 Å². The van der Waals surface area contributed by atoms with Crippen molar-refractivity contribution in [1.29, 1.82) is 0 Å². The van der Waals surface area contributed by atoms with Crippen LogP contribution in [0.25, 0.3) is 0 Å². The van der Waals surface area contributed by atoms with Crippen LogP contribution in [0.15, 0.2) is 17.4 Å². The highest BCUT2D eigenvalue weighted by molar-refractivity contribution is 5.98. The van der Waals surface area contributed by atoms with Crippen molar-refractivity contribution >= 4 is 17.6 Å². The number of aryl methyl sites for hydroxylation is 1. The number of aromatic nitrogens is 2. The number of amides is 1. The minimum absolute atomic E-state index is 0.0879. The molecule has 0 bridgehead atoms. The molecule has 1 atom stereocenters. The van der Waals surface area contributed by atoms with Crippen molar-refractivity contribution in [2.24, 2.45) is 18.0 Å². The summed E-state index contributed by atoms with van der Waals surface area (Å²) in [4.78, 5) is 23.9. The zero-order valence-corrected chi connectivity index (χ0v) is 16.9. The second-order valence-corrected chi connectivity index (χ2v) is 7.65. The van der Waals surface area contributed by atoms with Crippen LogP contribution in [-0.4, -0.2) is 83.8 Å². The first-order valence-corrected chi connectivity index (χ1v) is 10.1. The van der Waals surface area contributed by atoms with Crippen molar-refractivity contribution in [3.8, 4) is 0 Å². The quantitative estimate of drug-likeness (QED) is 0.587. The number of aliphatic imine (C=N–C) groups is 1. The van der Waals surface area contributed by atoms with Crippen molar-refractivity contribution in [3.63, 3.8) is 0 Å². The lowest BCUT2D eigenvalue weighted by Crippen LogP contribution is -2.55. The van der Waals surface area contributed by atoms with E-state index in [1.807, 2.05) is 18.1 Å². The van der Waals surface area contributed by atoms with E-state index in [9.17, 15) is 4.79 Å². The number of nitrogens with zero attached hydrogens (tertiary/aromatic N) is 6. The number of anilines is 1. The molecule has 1 amide bonds. The number of piperazine rings is 1. The fourth-order valence-electron chi connectivity index (χ4n) is 3.81. The number of hydrogen-bond donors (Lipinski definition) is 1. The van der Waals surface area contributed by atoms with Gasteiger partial charge >= 0.3 is 0 Å². The van der Waals surface area contributed by atoms with E-state index in [4.69, 9.17) is 4.99 Å². The highest BCUT2D eigenvalue weighted by Gasteiger charge is 2.27. The summed E-state index contributed by atoms with van der Waals surface area (Å²) in [7, 11) is 1.86. The predicted octanol–water partition coefficient (Wildman–Crippen LogP) is 0.766. The van der Waals surface area contributed by atoms with E-state index in [-0.39, 0.29) is 5.91 Å². The van der Waals surface area contributed by atoms with E-state index < -0.39 is 0 Å². The second-order valence-electron chi connectivity index (χ2n) is 7.65. The molecule has 27 heavy (non-hydrogen) atoms. The standard InChI is InChI=1S/C19H33N7O/c1-4-20-19(21-11-16(2)13-24-7-5-6-8-24)25-9-10-26(18(27)15-25)17-12-22-23(3)14-17/h12,14,16H,4-11,13,15H2,1-3H3,(H,20,21). The lowest BCUT2D eigenvalue weighted by molar-refractivity contribution is -0.120. The fourth-order valence-corrected chi connectivity index (χ4v) is 3.81. The molecule has 0 aliphatic carbocycles. The predicted molar refractivity (Wildman–Crippen MR) is 108 cm³/mol. The highest BCUT2D eigenvalue weighted by Crippen LogP contribution is 2.16. The molecule has 8 nitrogen and oxygen atoms in total. The van der Waals surface area contributed by atoms with Crippen molar-refractivity contribution in [3.05, 3.63) is 12.4 Å². The maximum atomic E-state index is 12.6. The Bertz CT molecular complexity index is 650. The molecule has 2 aliphatic heterocycles. The Morgan fingerprint density at radius 3 is 2.70 bits per heavy atom. The molecule has 2 aliphatic rings. The van der Waals surface area contributed by atoms with Crippen LogP contribution in [0.5, 0.6) is 0 Å². The van der Waals surface area contributed by atoms with Gasteiger partial charge < -0.3 is 20.0 Å². The molecule has 0 spiro atoms. The van der Waals surface area contributed by atoms with Gasteiger partial charge in [0, 0.05) is 46.0 Å². The average molecular weight is 376 g/mol. The smallest absolute Gasteiger partial charge is 0.246 e. The van der Waals surface area contributed by atoms with E-state index in [1.165, 1.54) is 25.9 Å². The van der Waals surface area contributed by atoms with Crippen LogP contribution < -0.4 is 10.2 Å². The van der Waals surface area contributed by atoms with Gasteiger partial charge in [0.25, 0.3) is 0 Å². The topological polar surface area (TPSA) is 69.0 Å². The molecule has 1 aromatic heterocycles. The Morgan fingerprint density at radius 1 is 1.30 bits per heavy atom. The molecule has 1 aromatic rings. The van der Waals surface area contributed by atoms with Gasteiger partial charge in [0.05, 0.1) is 11.9 Å². The molecular formula is C19H33N7O. The summed E-state index contributed by atoms with van der Waals surface area (Å²) >= 11 is 0. The Balaban J connectivity index is 1.57. The minimum Gasteiger partial charge on any atom is -0.357 e. The lowest BCUT2D eigenvalue weighted by Gasteiger charge is -2.35. The summed E-state index contributed by atoms with van der Waals surface area (Å²) in [6.07, 6.45) is 6.27. The number of rotatable bonds is 6. The monoisotopic (exact) mass is 375 g/mol. The van der Waals surface area contributed by atoms with E-state index in [0.717, 1.165) is 37.8 Å². The Labute approximate surface area is 162 Å². The third-order valence-electron chi connectivity index (χ3n) is 5.18. The molecule has 8 heteroatoms. The molecule has 2 fully saturated rings. The van der Waals surface area contributed by atoms with Crippen LogP contribution in [0.1, 0.15) is 26.7 Å². The van der Waals surface area contributed by atoms with E-state index in [0.29, 0.717) is 19.0 Å². The number of carbonyl (C=O) groups is 1. The van der Waals surface area contributed by atoms with Gasteiger partial charge in [0.2, 0.25) is 5.91 Å². The molecule has 150 valence electrons. The van der Waals surface area contributed by atoms with E-state index in [1.54, 1.807) is 10.9 Å². The minimum atomic E-state index is 0.0879. The third kappa shape index (κ3) is 5.22. The van der Waals surface area contributed by atoms with Crippen molar-refractivity contribution < 1.29 is 4.79 Å². The zero-order chi connectivity index (χ0) is 19.2. The van der Waals surface area contributed by atoms with Crippen LogP contribution in [0, 0.1) is 5.92 Å². The maximum absolute atomic E-state index is 12.6. The van der Waals surface area contributed by atoms with Gasteiger partial charge in [-0.15, -0.1) is 0 Å². The molecule has 1 N–H and O–H groups in total. The maximum Gasteiger partial charge on any atom is 0.246 e. The first-order valence-electron chi connectivity index (χ1n) is 10.1. The van der Waals surface area contributed by atoms with Crippen LogP contribution in [0.2, 0.25) is 0 Å². The number of nitrogens with one attached hydrogen (secondary N) is 1. The van der Waals surface area contributed by atoms with Gasteiger partial charge in [-0.1, -0.05) is 6.92 Å². The Morgan fingerprint density at radius 2 is 2.07 bits per heavy atom. The molecule has 0 radical (unpaired) electrons. The van der Waals surface area contributed by atoms with Gasteiger partial charge in [-0.25, -0.2) is 0 Å². The van der Waals surface area contributed by atoms with Crippen LogP contribution in [-0.2, 0) is 11.8 Å². The summed E-state index contributed by atoms with van der Waals surface area (Å²) in [5, 5.41) is 7.53. The van der Waals surface area contributed by atoms with Crippen molar-refractivity contribution in [1.82, 2.24) is 24.9 Å². The van der Waals surface area contributed by atoms with Gasteiger partial charge in [0.1, 0.15) is 6.54 Å². The van der Waals surface area contributed by atoms with Crippen LogP contribution in [0.3, 0.4) is 0 Å². The Kier molecular flexibility index (Phi) is 6.71. The summed E-state index contributed by atoms with van der Waals surface area (Å²) in [5.74, 6) is 1.46. The summed E-state index contributed by atoms with van der Waals surface area (Å²) in [6.45, 7) is 11.2. The van der Waals surface area contributed by atoms with Gasteiger partial charge in [-0.2, -0.15) is 5.10 Å². The van der Waals surface area contributed by atoms with Crippen molar-refractivity contribution in [2.45, 2.75) is 26.7 Å². The Hall–Kier alpha value is -2.09. The first-order chi connectivity index (χ1) is 13.1. The van der Waals surface area contributed by atoms with Gasteiger partial charge in [-0.05, 0) is 38.8 Å². The number of guanidine groups is 1. The van der Waals surface area contributed by atoms with E-state index in [2.05, 4.69) is 34.1 Å². The largest absolute Gasteiger partial charge is 0.357 e. The average Bonchev–Trinajstić information content (AvgIpc) is 3.30. The molecule has 1 unspecified atom stereocenters. The van der Waals surface area contributed by atoms with Crippen molar-refractivity contribution in [2.75, 3.05) is 57.3 Å². The summed E-state index contributed by atoms with van der Waals surface area (Å²) in [6, 6.07) is 0. The van der Waals surface area contributed by atoms with Gasteiger partial charge in [0.15, 0.2) is 5.96 Å². The van der Waals surface area contributed by atoms with Gasteiger partial charge in [-0.3, -0.25) is 14.5 Å². The van der Waals surface area contributed by atoms with Crippen LogP contribution >= 0.6 is 0 Å². The summed E-state index contributed by atoms with van der Waals surface area (Å²) < 4.78 is 1.72. The zero-order valence-electron chi connectivity index (χ0n) is 16.9. The molecule has 3 heterocycles. The second kappa shape index (κ2) is 9.21. The molecule has 2 saturated heterocycles. The molecule has 0 aromatic carbocycles. The molecule has 3 rings (SSSR count). The number of likely N-dealkylation sites (tertiary alicyclic amines) is 1. The summed E-state index contributed by atoms with van der Waals surface area (Å²) in [5.41, 5.74) is 0.864. The molecule has 0 saturated carbocycles. The SMILES string of the molecule is CCNC(=NCC(C)CN1CCCC1)N1CCN(c2cnn(C)c2)C(=O)C1. The third-order valence-corrected chi connectivity index (χ3v) is 5.18. The number of carbonyl (C=O) groups excluding carboxylic acids is 1. The highest BCUT2D eigenvalue weighted by atomic mass is 16.2. The molecular weight excluding hydrogens is 342 g/mol. The first kappa shape index (κ1) is 19.7. The van der Waals surface area contributed by atoms with E-state index >= 15 is 0 Å². The number of hydrogen-bond acceptors (Lipinski definition) is 4. The lowest BCUT2D eigenvalue weighted by atomic mass is 10.2.